The van der Waals surface area contributed by atoms with Crippen molar-refractivity contribution >= 4 is 32.4 Å². The van der Waals surface area contributed by atoms with E-state index in [2.05, 4.69) is 11.3 Å². The minimum absolute atomic E-state index is 0.0424. The molecule has 2 aliphatic rings. The predicted molar refractivity (Wildman–Crippen MR) is 122 cm³/mol. The number of benzene rings is 1. The molecule has 0 bridgehead atoms. The van der Waals surface area contributed by atoms with Crippen molar-refractivity contribution in [3.05, 3.63) is 36.0 Å². The van der Waals surface area contributed by atoms with Crippen LogP contribution in [0.5, 0.6) is 0 Å². The summed E-state index contributed by atoms with van der Waals surface area (Å²) in [5, 5.41) is 0.611. The van der Waals surface area contributed by atoms with Crippen molar-refractivity contribution in [2.45, 2.75) is 56.5 Å². The Morgan fingerprint density at radius 1 is 1.16 bits per heavy atom. The third-order valence-corrected chi connectivity index (χ3v) is 8.87. The molecule has 0 radical (unpaired) electrons. The van der Waals surface area contributed by atoms with Crippen LogP contribution in [0.3, 0.4) is 0 Å². The molecule has 3 unspecified atom stereocenters. The molecule has 8 heteroatoms. The minimum Gasteiger partial charge on any atom is -0.365 e. The van der Waals surface area contributed by atoms with E-state index in [0.29, 0.717) is 31.5 Å². The Hall–Kier alpha value is -2.19. The Kier molecular flexibility index (Phi) is 6.21. The van der Waals surface area contributed by atoms with Crippen LogP contribution in [0.15, 0.2) is 34.8 Å². The number of ether oxygens (including phenoxy) is 1. The van der Waals surface area contributed by atoms with Crippen LogP contribution in [0.1, 0.15) is 49.4 Å². The molecule has 1 aromatic carbocycles. The highest BCUT2D eigenvalue weighted by molar-refractivity contribution is 7.93. The third kappa shape index (κ3) is 4.41. The quantitative estimate of drug-likeness (QED) is 0.723. The van der Waals surface area contributed by atoms with E-state index in [4.69, 9.17) is 4.74 Å². The number of carbonyl (C=O) groups is 2. The predicted octanol–water partition coefficient (Wildman–Crippen LogP) is 3.36. The lowest BCUT2D eigenvalue weighted by atomic mass is 10.1. The first-order chi connectivity index (χ1) is 14.8. The van der Waals surface area contributed by atoms with Gasteiger partial charge < -0.3 is 14.2 Å². The lowest BCUT2D eigenvalue weighted by molar-refractivity contribution is -0.143. The van der Waals surface area contributed by atoms with E-state index in [-0.39, 0.29) is 23.4 Å². The summed E-state index contributed by atoms with van der Waals surface area (Å²) in [7, 11) is -0.803. The second-order valence-electron chi connectivity index (χ2n) is 8.68. The number of piperidine rings is 1. The first-order valence-corrected chi connectivity index (χ1v) is 13.0. The van der Waals surface area contributed by atoms with Gasteiger partial charge in [-0.05, 0) is 50.3 Å². The zero-order chi connectivity index (χ0) is 22.2. The first-order valence-electron chi connectivity index (χ1n) is 11.0. The Balaban J connectivity index is 1.44. The number of hydrogen-bond donors (Lipinski definition) is 0. The highest BCUT2D eigenvalue weighted by Crippen LogP contribution is 2.27. The summed E-state index contributed by atoms with van der Waals surface area (Å²) in [5.41, 5.74) is 1.42. The Labute approximate surface area is 183 Å². The average Bonchev–Trinajstić information content (AvgIpc) is 3.40. The first kappa shape index (κ1) is 22.0. The molecule has 0 spiro atoms. The van der Waals surface area contributed by atoms with E-state index in [1.807, 2.05) is 40.9 Å². The smallest absolute Gasteiger partial charge is 0.285 e. The number of aryl methyl sites for hydroxylation is 1. The summed E-state index contributed by atoms with van der Waals surface area (Å²) < 4.78 is 25.3. The van der Waals surface area contributed by atoms with E-state index in [0.717, 1.165) is 30.2 Å². The highest BCUT2D eigenvalue weighted by Gasteiger charge is 2.35. The number of hydrogen-bond acceptors (Lipinski definition) is 4. The molecular weight excluding hydrogens is 414 g/mol. The molecule has 3 heterocycles. The average molecular weight is 446 g/mol. The van der Waals surface area contributed by atoms with Crippen LogP contribution >= 0.6 is 0 Å². The molecule has 2 saturated heterocycles. The fourth-order valence-corrected chi connectivity index (χ4v) is 6.34. The highest BCUT2D eigenvalue weighted by atomic mass is 32.2. The lowest BCUT2D eigenvalue weighted by Gasteiger charge is -2.33. The van der Waals surface area contributed by atoms with Crippen molar-refractivity contribution in [3.8, 4) is 0 Å². The number of amides is 2. The second-order valence-corrected chi connectivity index (χ2v) is 11.3. The van der Waals surface area contributed by atoms with Crippen molar-refractivity contribution in [2.75, 3.05) is 19.3 Å². The van der Waals surface area contributed by atoms with Gasteiger partial charge in [0.25, 0.3) is 11.8 Å². The maximum absolute atomic E-state index is 13.4. The monoisotopic (exact) mass is 445 g/mol. The molecule has 2 aromatic rings. The van der Waals surface area contributed by atoms with Crippen LogP contribution in [-0.4, -0.2) is 62.3 Å². The van der Waals surface area contributed by atoms with Crippen molar-refractivity contribution in [3.63, 3.8) is 0 Å². The summed E-state index contributed by atoms with van der Waals surface area (Å²) in [6.45, 7) is 3.13. The molecule has 2 fully saturated rings. The third-order valence-electron chi connectivity index (χ3n) is 6.63. The number of likely N-dealkylation sites (tertiary alicyclic amines) is 1. The summed E-state index contributed by atoms with van der Waals surface area (Å²) in [4.78, 5) is 27.5. The van der Waals surface area contributed by atoms with E-state index < -0.39 is 15.6 Å². The maximum Gasteiger partial charge on any atom is 0.285 e. The molecule has 31 heavy (non-hydrogen) atoms. The van der Waals surface area contributed by atoms with E-state index >= 15 is 0 Å². The van der Waals surface area contributed by atoms with Gasteiger partial charge in [-0.2, -0.15) is 4.36 Å². The van der Waals surface area contributed by atoms with Crippen molar-refractivity contribution < 1.29 is 18.5 Å². The van der Waals surface area contributed by atoms with E-state index in [1.165, 1.54) is 0 Å². The van der Waals surface area contributed by atoms with Gasteiger partial charge in [-0.25, -0.2) is 4.21 Å². The molecule has 2 aliphatic heterocycles. The van der Waals surface area contributed by atoms with Gasteiger partial charge in [0.15, 0.2) is 0 Å². The van der Waals surface area contributed by atoms with Crippen molar-refractivity contribution in [1.82, 2.24) is 9.47 Å². The van der Waals surface area contributed by atoms with Crippen LogP contribution in [0.2, 0.25) is 0 Å². The van der Waals surface area contributed by atoms with Gasteiger partial charge in [0.1, 0.15) is 6.10 Å². The summed E-state index contributed by atoms with van der Waals surface area (Å²) in [6.07, 6.45) is 7.10. The zero-order valence-corrected chi connectivity index (χ0v) is 19.3. The van der Waals surface area contributed by atoms with Gasteiger partial charge in [0.2, 0.25) is 0 Å². The molecule has 0 aliphatic carbocycles. The van der Waals surface area contributed by atoms with Crippen LogP contribution in [0, 0.1) is 0 Å². The molecule has 3 atom stereocenters. The minimum atomic E-state index is -2.72. The molecule has 4 rings (SSSR count). The van der Waals surface area contributed by atoms with E-state index in [1.54, 1.807) is 12.3 Å². The Morgan fingerprint density at radius 2 is 1.90 bits per heavy atom. The number of carbonyl (C=O) groups excluding carboxylic acids is 2. The fraction of sp³-hybridized carbons (Fsp3) is 0.565. The van der Waals surface area contributed by atoms with Gasteiger partial charge in [0, 0.05) is 48.7 Å². The summed E-state index contributed by atoms with van der Waals surface area (Å²) in [6, 6.07) is 7.38. The number of aromatic nitrogens is 1. The molecular formula is C23H31N3O4S. The Bertz CT molecular complexity index is 1110. The molecule has 1 aromatic heterocycles. The fourth-order valence-electron chi connectivity index (χ4n) is 4.68. The largest absolute Gasteiger partial charge is 0.365 e. The SMILES string of the molecule is CCC1CCC(C(=O)N2CCC(S(C)(=O)=NC(=O)c3cccc4c3ccn4C)CC2)O1. The Morgan fingerprint density at radius 3 is 2.58 bits per heavy atom. The number of rotatable bonds is 4. The van der Waals surface area contributed by atoms with Crippen LogP contribution in [-0.2, 0) is 26.3 Å². The standard InChI is InChI=1S/C23H31N3O4S/c1-4-16-8-9-21(30-16)23(28)26-14-10-17(11-15-26)31(3,29)24-22(27)19-6-5-7-20-18(19)12-13-25(20)2/h5-7,12-13,16-17,21H,4,8-11,14-15H2,1-3H3. The molecule has 7 nitrogen and oxygen atoms in total. The van der Waals surface area contributed by atoms with Gasteiger partial charge in [0.05, 0.1) is 21.4 Å². The lowest BCUT2D eigenvalue weighted by Crippen LogP contribution is -2.46. The maximum atomic E-state index is 13.4. The van der Waals surface area contributed by atoms with Crippen LogP contribution in [0.4, 0.5) is 0 Å². The number of fused-ring (bicyclic) bond motifs is 1. The number of nitrogens with zero attached hydrogens (tertiary/aromatic N) is 3. The molecule has 0 saturated carbocycles. The van der Waals surface area contributed by atoms with Gasteiger partial charge in [-0.15, -0.1) is 0 Å². The van der Waals surface area contributed by atoms with Gasteiger partial charge in [-0.1, -0.05) is 13.0 Å². The van der Waals surface area contributed by atoms with Crippen molar-refractivity contribution in [1.29, 1.82) is 0 Å². The summed E-state index contributed by atoms with van der Waals surface area (Å²) >= 11 is 0. The van der Waals surface area contributed by atoms with Crippen molar-refractivity contribution in [2.24, 2.45) is 11.4 Å². The van der Waals surface area contributed by atoms with Crippen LogP contribution in [0.25, 0.3) is 10.9 Å². The van der Waals surface area contributed by atoms with Crippen LogP contribution < -0.4 is 0 Å². The topological polar surface area (TPSA) is 81.0 Å². The van der Waals surface area contributed by atoms with Gasteiger partial charge >= 0.3 is 0 Å². The van der Waals surface area contributed by atoms with E-state index in [9.17, 15) is 13.8 Å². The normalized spacial score (nSPS) is 24.3. The summed E-state index contributed by atoms with van der Waals surface area (Å²) in [5.74, 6) is -0.395. The molecule has 2 amide bonds. The molecule has 0 N–H and O–H groups in total. The second kappa shape index (κ2) is 8.74. The molecule has 168 valence electrons. The zero-order valence-electron chi connectivity index (χ0n) is 18.5. The van der Waals surface area contributed by atoms with Gasteiger partial charge in [-0.3, -0.25) is 9.59 Å².